The largest absolute Gasteiger partial charge is 0.345 e. The third-order valence-corrected chi connectivity index (χ3v) is 4.34. The molecule has 0 aromatic carbocycles. The number of aromatic nitrogens is 4. The Bertz CT molecular complexity index is 767. The summed E-state index contributed by atoms with van der Waals surface area (Å²) in [6.07, 6.45) is 5.35. The third-order valence-electron chi connectivity index (χ3n) is 4.34. The van der Waals surface area contributed by atoms with Gasteiger partial charge in [-0.25, -0.2) is 14.3 Å². The molecule has 1 aliphatic heterocycles. The van der Waals surface area contributed by atoms with Gasteiger partial charge in [0.25, 0.3) is 0 Å². The summed E-state index contributed by atoms with van der Waals surface area (Å²) in [5.41, 5.74) is 0.774. The van der Waals surface area contributed by atoms with Gasteiger partial charge in [-0.1, -0.05) is 6.07 Å². The van der Waals surface area contributed by atoms with Gasteiger partial charge >= 0.3 is 11.7 Å². The smallest absolute Gasteiger partial charge is 0.338 e. The molecule has 0 saturated carbocycles. The average molecular weight is 344 g/mol. The molecule has 2 aromatic rings. The lowest BCUT2D eigenvalue weighted by Crippen LogP contribution is -2.38. The second kappa shape index (κ2) is 7.96. The van der Waals surface area contributed by atoms with Crippen LogP contribution in [0, 0.1) is 0 Å². The number of carbonyl (C=O) groups is 1. The van der Waals surface area contributed by atoms with Crippen LogP contribution in [0.3, 0.4) is 0 Å². The van der Waals surface area contributed by atoms with Crippen LogP contribution in [0.2, 0.25) is 0 Å². The number of urea groups is 1. The molecule has 0 aliphatic carbocycles. The standard InChI is InChI=1S/C17H24N6O2/c1-13(14-7-2-4-9-18-14)20-16(24)19-10-6-12-23-17(25)22-11-5-3-8-15(22)21-23/h2,4,7,9,13H,3,5-6,8,10-12H2,1H3,(H2,19,20,24). The van der Waals surface area contributed by atoms with Crippen molar-refractivity contribution < 1.29 is 4.79 Å². The number of carbonyl (C=O) groups excluding carboxylic acids is 1. The Morgan fingerprint density at radius 1 is 1.36 bits per heavy atom. The van der Waals surface area contributed by atoms with Crippen LogP contribution < -0.4 is 16.3 Å². The molecule has 8 nitrogen and oxygen atoms in total. The Balaban J connectivity index is 1.42. The van der Waals surface area contributed by atoms with E-state index < -0.39 is 0 Å². The van der Waals surface area contributed by atoms with Crippen LogP contribution in [-0.4, -0.2) is 31.9 Å². The number of hydrogen-bond acceptors (Lipinski definition) is 4. The van der Waals surface area contributed by atoms with E-state index in [-0.39, 0.29) is 17.8 Å². The number of nitrogens with zero attached hydrogens (tertiary/aromatic N) is 4. The monoisotopic (exact) mass is 344 g/mol. The minimum atomic E-state index is -0.241. The maximum Gasteiger partial charge on any atom is 0.345 e. The van der Waals surface area contributed by atoms with Crippen molar-refractivity contribution in [2.24, 2.45) is 0 Å². The van der Waals surface area contributed by atoms with E-state index in [9.17, 15) is 9.59 Å². The molecular formula is C17H24N6O2. The molecule has 1 atom stereocenters. The number of amides is 2. The molecule has 0 radical (unpaired) electrons. The van der Waals surface area contributed by atoms with Crippen molar-refractivity contribution in [1.29, 1.82) is 0 Å². The van der Waals surface area contributed by atoms with Gasteiger partial charge in [0.15, 0.2) is 0 Å². The van der Waals surface area contributed by atoms with E-state index in [1.54, 1.807) is 10.8 Å². The predicted molar refractivity (Wildman–Crippen MR) is 93.2 cm³/mol. The molecule has 3 heterocycles. The maximum absolute atomic E-state index is 12.2. The van der Waals surface area contributed by atoms with Crippen molar-refractivity contribution in [2.75, 3.05) is 6.54 Å². The molecule has 2 amide bonds. The van der Waals surface area contributed by atoms with Crippen molar-refractivity contribution in [2.45, 2.75) is 51.7 Å². The summed E-state index contributed by atoms with van der Waals surface area (Å²) in [4.78, 5) is 28.3. The number of nitrogens with one attached hydrogen (secondary N) is 2. The van der Waals surface area contributed by atoms with Crippen LogP contribution >= 0.6 is 0 Å². The molecule has 1 aliphatic rings. The lowest BCUT2D eigenvalue weighted by Gasteiger charge is -2.14. The Kier molecular flexibility index (Phi) is 5.47. The summed E-state index contributed by atoms with van der Waals surface area (Å²) in [6.45, 7) is 3.64. The average Bonchev–Trinajstić information content (AvgIpc) is 2.96. The first-order chi connectivity index (χ1) is 12.1. The highest BCUT2D eigenvalue weighted by Gasteiger charge is 2.16. The van der Waals surface area contributed by atoms with Gasteiger partial charge in [0.2, 0.25) is 0 Å². The van der Waals surface area contributed by atoms with Crippen LogP contribution in [-0.2, 0) is 19.5 Å². The molecule has 25 heavy (non-hydrogen) atoms. The van der Waals surface area contributed by atoms with Crippen LogP contribution in [0.4, 0.5) is 4.79 Å². The fraction of sp³-hybridized carbons (Fsp3) is 0.529. The first-order valence-electron chi connectivity index (χ1n) is 8.77. The van der Waals surface area contributed by atoms with E-state index >= 15 is 0 Å². The van der Waals surface area contributed by atoms with Crippen molar-refractivity contribution in [1.82, 2.24) is 30.0 Å². The minimum Gasteiger partial charge on any atom is -0.338 e. The number of hydrogen-bond donors (Lipinski definition) is 2. The van der Waals surface area contributed by atoms with Gasteiger partial charge in [-0.2, -0.15) is 5.10 Å². The molecule has 134 valence electrons. The minimum absolute atomic E-state index is 0.0390. The topological polar surface area (TPSA) is 93.8 Å². The molecule has 1 unspecified atom stereocenters. The van der Waals surface area contributed by atoms with Crippen molar-refractivity contribution in [3.8, 4) is 0 Å². The van der Waals surface area contributed by atoms with Gasteiger partial charge in [-0.15, -0.1) is 0 Å². The summed E-state index contributed by atoms with van der Waals surface area (Å²) >= 11 is 0. The van der Waals surface area contributed by atoms with Crippen LogP contribution in [0.25, 0.3) is 0 Å². The highest BCUT2D eigenvalue weighted by molar-refractivity contribution is 5.74. The quantitative estimate of drug-likeness (QED) is 0.771. The van der Waals surface area contributed by atoms with Crippen LogP contribution in [0.5, 0.6) is 0 Å². The molecule has 8 heteroatoms. The molecule has 0 fully saturated rings. The molecule has 0 saturated heterocycles. The number of rotatable bonds is 6. The molecule has 2 N–H and O–H groups in total. The molecule has 3 rings (SSSR count). The lowest BCUT2D eigenvalue weighted by molar-refractivity contribution is 0.237. The Labute approximate surface area is 146 Å². The first kappa shape index (κ1) is 17.2. The van der Waals surface area contributed by atoms with Crippen molar-refractivity contribution in [3.63, 3.8) is 0 Å². The number of pyridine rings is 1. The van der Waals surface area contributed by atoms with E-state index in [1.807, 2.05) is 25.1 Å². The van der Waals surface area contributed by atoms with Gasteiger partial charge < -0.3 is 10.6 Å². The van der Waals surface area contributed by atoms with E-state index in [0.29, 0.717) is 19.5 Å². The molecule has 0 bridgehead atoms. The second-order valence-electron chi connectivity index (χ2n) is 6.26. The predicted octanol–water partition coefficient (Wildman–Crippen LogP) is 1.23. The van der Waals surface area contributed by atoms with E-state index in [1.165, 1.54) is 4.68 Å². The molecular weight excluding hydrogens is 320 g/mol. The Morgan fingerprint density at radius 3 is 3.00 bits per heavy atom. The van der Waals surface area contributed by atoms with Gasteiger partial charge in [0.05, 0.1) is 11.7 Å². The maximum atomic E-state index is 12.2. The van der Waals surface area contributed by atoms with E-state index in [4.69, 9.17) is 0 Å². The van der Waals surface area contributed by atoms with Gasteiger partial charge in [0.1, 0.15) is 5.82 Å². The molecule has 0 spiro atoms. The fourth-order valence-corrected chi connectivity index (χ4v) is 2.98. The van der Waals surface area contributed by atoms with Gasteiger partial charge in [-0.05, 0) is 38.3 Å². The third kappa shape index (κ3) is 4.26. The zero-order valence-corrected chi connectivity index (χ0v) is 14.4. The van der Waals surface area contributed by atoms with E-state index in [0.717, 1.165) is 37.3 Å². The van der Waals surface area contributed by atoms with Gasteiger partial charge in [0, 0.05) is 32.3 Å². The first-order valence-corrected chi connectivity index (χ1v) is 8.77. The fourth-order valence-electron chi connectivity index (χ4n) is 2.98. The Morgan fingerprint density at radius 2 is 2.24 bits per heavy atom. The molecule has 2 aromatic heterocycles. The summed E-state index contributed by atoms with van der Waals surface area (Å²) < 4.78 is 3.27. The van der Waals surface area contributed by atoms with Crippen molar-refractivity contribution in [3.05, 3.63) is 46.4 Å². The summed E-state index contributed by atoms with van der Waals surface area (Å²) in [5.74, 6) is 0.881. The highest BCUT2D eigenvalue weighted by Crippen LogP contribution is 2.09. The van der Waals surface area contributed by atoms with E-state index in [2.05, 4.69) is 20.7 Å². The van der Waals surface area contributed by atoms with Crippen LogP contribution in [0.15, 0.2) is 29.2 Å². The summed E-state index contributed by atoms with van der Waals surface area (Å²) in [7, 11) is 0. The second-order valence-corrected chi connectivity index (χ2v) is 6.26. The lowest BCUT2D eigenvalue weighted by atomic mass is 10.2. The SMILES string of the molecule is CC(NC(=O)NCCCn1nc2n(c1=O)CCCC2)c1ccccn1. The number of fused-ring (bicyclic) bond motifs is 1. The highest BCUT2D eigenvalue weighted by atomic mass is 16.2. The number of aryl methyl sites for hydroxylation is 2. The normalized spacial score (nSPS) is 14.6. The van der Waals surface area contributed by atoms with Crippen LogP contribution in [0.1, 0.15) is 43.7 Å². The summed E-state index contributed by atoms with van der Waals surface area (Å²) in [5, 5.41) is 10.0. The van der Waals surface area contributed by atoms with Gasteiger partial charge in [-0.3, -0.25) is 9.55 Å². The zero-order valence-electron chi connectivity index (χ0n) is 14.4. The zero-order chi connectivity index (χ0) is 17.6. The Hall–Kier alpha value is -2.64. The van der Waals surface area contributed by atoms with Crippen molar-refractivity contribution >= 4 is 6.03 Å². The summed E-state index contributed by atoms with van der Waals surface area (Å²) in [6, 6.07) is 5.20.